The molecule has 2 unspecified atom stereocenters. The van der Waals surface area contributed by atoms with Crippen molar-refractivity contribution in [3.8, 4) is 0 Å². The van der Waals surface area contributed by atoms with Crippen LogP contribution in [-0.2, 0) is 4.79 Å². The van der Waals surface area contributed by atoms with E-state index in [9.17, 15) is 4.79 Å². The molecule has 5 heteroatoms. The minimum atomic E-state index is -0.116. The molecule has 1 saturated heterocycles. The number of hydrogen-bond acceptors (Lipinski definition) is 2. The Bertz CT molecular complexity index is 492. The van der Waals surface area contributed by atoms with E-state index in [-0.39, 0.29) is 24.0 Å². The Kier molecular flexibility index (Phi) is 4.54. The van der Waals surface area contributed by atoms with Crippen molar-refractivity contribution >= 4 is 33.4 Å². The minimum absolute atomic E-state index is 0.0603. The van der Waals surface area contributed by atoms with Gasteiger partial charge in [0.05, 0.1) is 6.04 Å². The number of benzene rings is 1. The summed E-state index contributed by atoms with van der Waals surface area (Å²) in [7, 11) is 0. The van der Waals surface area contributed by atoms with Crippen LogP contribution in [-0.4, -0.2) is 22.9 Å². The number of piperidine rings is 1. The van der Waals surface area contributed by atoms with Gasteiger partial charge in [0.15, 0.2) is 0 Å². The lowest BCUT2D eigenvalue weighted by Crippen LogP contribution is -2.51. The van der Waals surface area contributed by atoms with Crippen LogP contribution in [0.15, 0.2) is 22.7 Å². The molecular weight excluding hydrogens is 328 g/mol. The number of hydrogen-bond donors (Lipinski definition) is 1. The number of carbonyl (C=O) groups is 1. The van der Waals surface area contributed by atoms with E-state index in [2.05, 4.69) is 15.9 Å². The Morgan fingerprint density at radius 2 is 2.16 bits per heavy atom. The number of amides is 1. The topological polar surface area (TPSA) is 46.3 Å². The third kappa shape index (κ3) is 2.96. The van der Waals surface area contributed by atoms with Gasteiger partial charge < -0.3 is 10.6 Å². The van der Waals surface area contributed by atoms with Crippen molar-refractivity contribution in [3.63, 3.8) is 0 Å². The van der Waals surface area contributed by atoms with Crippen LogP contribution >= 0.6 is 27.5 Å². The monoisotopic (exact) mass is 344 g/mol. The summed E-state index contributed by atoms with van der Waals surface area (Å²) in [5.74, 6) is 0.161. The Balaban J connectivity index is 2.48. The van der Waals surface area contributed by atoms with Crippen LogP contribution in [0.3, 0.4) is 0 Å². The maximum absolute atomic E-state index is 12.2. The average Bonchev–Trinajstić information content (AvgIpc) is 2.34. The van der Waals surface area contributed by atoms with Gasteiger partial charge in [-0.3, -0.25) is 4.79 Å². The first-order valence-corrected chi connectivity index (χ1v) is 7.60. The number of rotatable bonds is 2. The molecule has 0 radical (unpaired) electrons. The molecule has 1 aromatic carbocycles. The van der Waals surface area contributed by atoms with Crippen molar-refractivity contribution in [2.75, 3.05) is 0 Å². The largest absolute Gasteiger partial charge is 0.332 e. The van der Waals surface area contributed by atoms with Gasteiger partial charge in [0.2, 0.25) is 5.91 Å². The van der Waals surface area contributed by atoms with Crippen molar-refractivity contribution in [2.24, 2.45) is 5.73 Å². The molecule has 1 heterocycles. The summed E-state index contributed by atoms with van der Waals surface area (Å²) in [4.78, 5) is 14.1. The summed E-state index contributed by atoms with van der Waals surface area (Å²) in [5.41, 5.74) is 7.25. The fourth-order valence-corrected chi connectivity index (χ4v) is 3.33. The average molecular weight is 346 g/mol. The molecule has 0 bridgehead atoms. The van der Waals surface area contributed by atoms with E-state index in [0.29, 0.717) is 17.9 Å². The molecular formula is C14H18BrClN2O. The van der Waals surface area contributed by atoms with Crippen LogP contribution in [0.2, 0.25) is 5.02 Å². The van der Waals surface area contributed by atoms with E-state index in [1.54, 1.807) is 0 Å². The Morgan fingerprint density at radius 1 is 1.47 bits per heavy atom. The quantitative estimate of drug-likeness (QED) is 0.891. The van der Waals surface area contributed by atoms with E-state index in [1.807, 2.05) is 36.9 Å². The molecule has 1 aliphatic heterocycles. The van der Waals surface area contributed by atoms with E-state index >= 15 is 0 Å². The second-order valence-corrected chi connectivity index (χ2v) is 6.50. The van der Waals surface area contributed by atoms with Gasteiger partial charge in [-0.15, -0.1) is 0 Å². The SMILES string of the molecule is CC(C)N1C(=O)CCC(N)C1c1cc(Cl)ccc1Br. The molecule has 104 valence electrons. The fraction of sp³-hybridized carbons (Fsp3) is 0.500. The summed E-state index contributed by atoms with van der Waals surface area (Å²) >= 11 is 9.62. The second kappa shape index (κ2) is 5.81. The van der Waals surface area contributed by atoms with Crippen molar-refractivity contribution < 1.29 is 4.79 Å². The lowest BCUT2D eigenvalue weighted by molar-refractivity contribution is -0.139. The molecule has 0 aliphatic carbocycles. The third-order valence-electron chi connectivity index (χ3n) is 3.52. The highest BCUT2D eigenvalue weighted by molar-refractivity contribution is 9.10. The summed E-state index contributed by atoms with van der Waals surface area (Å²) in [6, 6.07) is 5.57. The molecule has 2 N–H and O–H groups in total. The van der Waals surface area contributed by atoms with Crippen molar-refractivity contribution in [1.29, 1.82) is 0 Å². The van der Waals surface area contributed by atoms with Crippen molar-refractivity contribution in [1.82, 2.24) is 4.90 Å². The fourth-order valence-electron chi connectivity index (χ4n) is 2.67. The second-order valence-electron chi connectivity index (χ2n) is 5.21. The minimum Gasteiger partial charge on any atom is -0.332 e. The summed E-state index contributed by atoms with van der Waals surface area (Å²) in [6.45, 7) is 4.03. The number of likely N-dealkylation sites (tertiary alicyclic amines) is 1. The number of carbonyl (C=O) groups excluding carboxylic acids is 1. The zero-order valence-electron chi connectivity index (χ0n) is 11.1. The van der Waals surface area contributed by atoms with Crippen molar-refractivity contribution in [3.05, 3.63) is 33.3 Å². The number of nitrogens with two attached hydrogens (primary N) is 1. The van der Waals surface area contributed by atoms with Gasteiger partial charge in [-0.05, 0) is 44.0 Å². The molecule has 19 heavy (non-hydrogen) atoms. The molecule has 1 amide bonds. The summed E-state index contributed by atoms with van der Waals surface area (Å²) in [5, 5.41) is 0.659. The zero-order valence-corrected chi connectivity index (χ0v) is 13.4. The van der Waals surface area contributed by atoms with Crippen LogP contribution in [0.25, 0.3) is 0 Å². The third-order valence-corrected chi connectivity index (χ3v) is 4.48. The normalized spacial score (nSPS) is 24.1. The molecule has 2 rings (SSSR count). The van der Waals surface area contributed by atoms with E-state index in [0.717, 1.165) is 10.0 Å². The molecule has 0 saturated carbocycles. The highest BCUT2D eigenvalue weighted by Gasteiger charge is 2.37. The van der Waals surface area contributed by atoms with E-state index in [4.69, 9.17) is 17.3 Å². The van der Waals surface area contributed by atoms with Gasteiger partial charge in [0.25, 0.3) is 0 Å². The molecule has 1 aliphatic rings. The predicted molar refractivity (Wildman–Crippen MR) is 81.1 cm³/mol. The first-order chi connectivity index (χ1) is 8.91. The van der Waals surface area contributed by atoms with Crippen LogP contribution in [0.5, 0.6) is 0 Å². The summed E-state index contributed by atoms with van der Waals surface area (Å²) < 4.78 is 0.942. The van der Waals surface area contributed by atoms with E-state index in [1.165, 1.54) is 0 Å². The van der Waals surface area contributed by atoms with Gasteiger partial charge >= 0.3 is 0 Å². The highest BCUT2D eigenvalue weighted by Crippen LogP contribution is 2.37. The smallest absolute Gasteiger partial charge is 0.223 e. The van der Waals surface area contributed by atoms with Crippen molar-refractivity contribution in [2.45, 2.75) is 44.8 Å². The van der Waals surface area contributed by atoms with Crippen LogP contribution in [0.1, 0.15) is 38.3 Å². The first kappa shape index (κ1) is 14.8. The summed E-state index contributed by atoms with van der Waals surface area (Å²) in [6.07, 6.45) is 1.24. The zero-order chi connectivity index (χ0) is 14.2. The molecule has 0 spiro atoms. The maximum atomic E-state index is 12.2. The maximum Gasteiger partial charge on any atom is 0.223 e. The number of halogens is 2. The molecule has 1 fully saturated rings. The van der Waals surface area contributed by atoms with Crippen LogP contribution < -0.4 is 5.73 Å². The predicted octanol–water partition coefficient (Wildman–Crippen LogP) is 3.50. The van der Waals surface area contributed by atoms with Gasteiger partial charge in [-0.1, -0.05) is 27.5 Å². The highest BCUT2D eigenvalue weighted by atomic mass is 79.9. The van der Waals surface area contributed by atoms with Gasteiger partial charge in [-0.25, -0.2) is 0 Å². The van der Waals surface area contributed by atoms with Crippen LogP contribution in [0, 0.1) is 0 Å². The molecule has 2 atom stereocenters. The lowest BCUT2D eigenvalue weighted by Gasteiger charge is -2.42. The standard InChI is InChI=1S/C14H18BrClN2O/c1-8(2)18-13(19)6-5-12(17)14(18)10-7-9(16)3-4-11(10)15/h3-4,7-8,12,14H,5-6,17H2,1-2H3. The Labute approximate surface area is 127 Å². The van der Waals surface area contributed by atoms with Crippen LogP contribution in [0.4, 0.5) is 0 Å². The number of nitrogens with zero attached hydrogens (tertiary/aromatic N) is 1. The van der Waals surface area contributed by atoms with E-state index < -0.39 is 0 Å². The molecule has 1 aromatic rings. The van der Waals surface area contributed by atoms with Gasteiger partial charge in [-0.2, -0.15) is 0 Å². The molecule has 3 nitrogen and oxygen atoms in total. The Morgan fingerprint density at radius 3 is 2.79 bits per heavy atom. The van der Waals surface area contributed by atoms with Gasteiger partial charge in [0, 0.05) is 28.0 Å². The first-order valence-electron chi connectivity index (χ1n) is 6.43. The van der Waals surface area contributed by atoms with Gasteiger partial charge in [0.1, 0.15) is 0 Å². The molecule has 0 aromatic heterocycles. The Hall–Kier alpha value is -0.580. The lowest BCUT2D eigenvalue weighted by atomic mass is 9.89.